The number of aromatic nitrogens is 1. The number of piperidine rings is 1. The van der Waals surface area contributed by atoms with Crippen LogP contribution in [-0.2, 0) is 0 Å². The molecule has 2 aromatic carbocycles. The van der Waals surface area contributed by atoms with Crippen molar-refractivity contribution in [1.29, 1.82) is 0 Å². The van der Waals surface area contributed by atoms with Gasteiger partial charge in [-0.1, -0.05) is 35.9 Å². The van der Waals surface area contributed by atoms with Crippen molar-refractivity contribution in [3.05, 3.63) is 76.1 Å². The lowest BCUT2D eigenvalue weighted by atomic mass is 10.1. The minimum Gasteiger partial charge on any atom is -0.350 e. The van der Waals surface area contributed by atoms with Crippen LogP contribution in [0.1, 0.15) is 32.7 Å². The Labute approximate surface area is 200 Å². The van der Waals surface area contributed by atoms with Gasteiger partial charge in [0.15, 0.2) is 0 Å². The number of thiophene rings is 1. The molecule has 6 rings (SSSR count). The van der Waals surface area contributed by atoms with Crippen LogP contribution in [-0.4, -0.2) is 40.8 Å². The number of hydrogen-bond acceptors (Lipinski definition) is 5. The molecule has 0 bridgehead atoms. The number of likely N-dealkylation sites (tertiary alicyclic amines) is 1. The van der Waals surface area contributed by atoms with Crippen molar-refractivity contribution in [2.45, 2.75) is 19.4 Å². The molecule has 3 heterocycles. The molecule has 1 aliphatic heterocycles. The average molecular weight is 474 g/mol. The van der Waals surface area contributed by atoms with Gasteiger partial charge in [0, 0.05) is 18.0 Å². The van der Waals surface area contributed by atoms with Crippen molar-refractivity contribution < 1.29 is 9.59 Å². The highest BCUT2D eigenvalue weighted by molar-refractivity contribution is 7.17. The normalized spacial score (nSPS) is 21.2. The van der Waals surface area contributed by atoms with E-state index in [0.29, 0.717) is 23.9 Å². The van der Waals surface area contributed by atoms with Crippen LogP contribution < -0.4 is 5.32 Å². The van der Waals surface area contributed by atoms with Gasteiger partial charge in [0.05, 0.1) is 32.9 Å². The lowest BCUT2D eigenvalue weighted by Gasteiger charge is -2.28. The minimum atomic E-state index is -0.0997. The predicted molar refractivity (Wildman–Crippen MR) is 133 cm³/mol. The van der Waals surface area contributed by atoms with Crippen LogP contribution in [0.4, 0.5) is 0 Å². The Morgan fingerprint density at radius 1 is 1.12 bits per heavy atom. The molecule has 3 atom stereocenters. The third-order valence-electron chi connectivity index (χ3n) is 6.81. The van der Waals surface area contributed by atoms with E-state index in [1.807, 2.05) is 40.6 Å². The van der Waals surface area contributed by atoms with Gasteiger partial charge in [-0.05, 0) is 54.3 Å². The average Bonchev–Trinajstić information content (AvgIpc) is 3.20. The van der Waals surface area contributed by atoms with Crippen LogP contribution in [0.3, 0.4) is 0 Å². The number of carbonyl (C=O) groups is 2. The summed E-state index contributed by atoms with van der Waals surface area (Å²) >= 11 is 3.09. The Morgan fingerprint density at radius 2 is 2.00 bits per heavy atom. The highest BCUT2D eigenvalue weighted by Gasteiger charge is 2.54. The number of hydrogen-bond donors (Lipinski definition) is 1. The van der Waals surface area contributed by atoms with E-state index in [9.17, 15) is 9.59 Å². The summed E-state index contributed by atoms with van der Waals surface area (Å²) in [4.78, 5) is 33.9. The van der Waals surface area contributed by atoms with Gasteiger partial charge in [0.25, 0.3) is 11.8 Å². The Morgan fingerprint density at radius 3 is 2.88 bits per heavy atom. The molecule has 0 spiro atoms. The summed E-state index contributed by atoms with van der Waals surface area (Å²) in [5, 5.41) is 5.11. The molecule has 33 heavy (non-hydrogen) atoms. The second-order valence-corrected chi connectivity index (χ2v) is 10.7. The predicted octanol–water partition coefficient (Wildman–Crippen LogP) is 5.22. The molecule has 1 saturated carbocycles. The summed E-state index contributed by atoms with van der Waals surface area (Å²) in [6.07, 6.45) is 1.14. The van der Waals surface area contributed by atoms with Gasteiger partial charge >= 0.3 is 0 Å². The van der Waals surface area contributed by atoms with Gasteiger partial charge in [0.1, 0.15) is 0 Å². The number of thiazole rings is 1. The zero-order valence-electron chi connectivity index (χ0n) is 18.2. The van der Waals surface area contributed by atoms with Crippen LogP contribution in [0.5, 0.6) is 0 Å². The molecule has 2 fully saturated rings. The van der Waals surface area contributed by atoms with Crippen LogP contribution in [0, 0.1) is 18.8 Å². The smallest absolute Gasteiger partial charge is 0.255 e. The van der Waals surface area contributed by atoms with E-state index in [1.165, 1.54) is 16.9 Å². The van der Waals surface area contributed by atoms with Crippen molar-refractivity contribution in [2.75, 3.05) is 13.1 Å². The Kier molecular flexibility index (Phi) is 5.03. The van der Waals surface area contributed by atoms with Gasteiger partial charge < -0.3 is 10.2 Å². The number of benzene rings is 2. The monoisotopic (exact) mass is 473 g/mol. The summed E-state index contributed by atoms with van der Waals surface area (Å²) in [5.74, 6) is 1.01. The quantitative estimate of drug-likeness (QED) is 0.432. The first-order chi connectivity index (χ1) is 16.1. The molecule has 2 amide bonds. The Balaban J connectivity index is 1.21. The number of nitrogens with zero attached hydrogens (tertiary/aromatic N) is 2. The summed E-state index contributed by atoms with van der Waals surface area (Å²) in [6.45, 7) is 3.32. The maximum absolute atomic E-state index is 13.6. The van der Waals surface area contributed by atoms with Crippen molar-refractivity contribution >= 4 is 44.7 Å². The fourth-order valence-corrected chi connectivity index (χ4v) is 6.75. The highest BCUT2D eigenvalue weighted by Crippen LogP contribution is 2.50. The standard InChI is InChI=1S/C26H23N3O2S2/c1-15-4-2-5-16(10-15)23-19(8-9-32-23)26(31)29-13-17-11-20(17)22(29)12-27-25(30)18-6-3-7-21-24(18)33-14-28-21/h2-10,14,17,20,22H,11-13H2,1H3,(H,27,30)/t17-,20-,22+/m0/s1. The van der Waals surface area contributed by atoms with Gasteiger partial charge in [-0.3, -0.25) is 9.59 Å². The van der Waals surface area contributed by atoms with E-state index >= 15 is 0 Å². The molecule has 166 valence electrons. The maximum Gasteiger partial charge on any atom is 0.255 e. The number of aryl methyl sites for hydroxylation is 1. The molecule has 7 heteroatoms. The van der Waals surface area contributed by atoms with E-state index in [2.05, 4.69) is 35.4 Å². The van der Waals surface area contributed by atoms with E-state index < -0.39 is 0 Å². The Hall–Kier alpha value is -3.03. The molecule has 0 unspecified atom stereocenters. The zero-order valence-corrected chi connectivity index (χ0v) is 19.8. The second-order valence-electron chi connectivity index (χ2n) is 8.93. The molecule has 2 aliphatic rings. The minimum absolute atomic E-state index is 0.0392. The summed E-state index contributed by atoms with van der Waals surface area (Å²) in [6, 6.07) is 15.9. The van der Waals surface area contributed by atoms with Crippen molar-refractivity contribution in [3.63, 3.8) is 0 Å². The van der Waals surface area contributed by atoms with E-state index in [1.54, 1.807) is 16.8 Å². The second kappa shape index (κ2) is 8.08. The molecule has 2 aromatic heterocycles. The van der Waals surface area contributed by atoms with Crippen molar-refractivity contribution in [3.8, 4) is 10.4 Å². The van der Waals surface area contributed by atoms with Crippen LogP contribution in [0.2, 0.25) is 0 Å². The first-order valence-electron chi connectivity index (χ1n) is 11.2. The first kappa shape index (κ1) is 20.6. The Bertz CT molecular complexity index is 1370. The van der Waals surface area contributed by atoms with E-state index in [-0.39, 0.29) is 17.9 Å². The van der Waals surface area contributed by atoms with Crippen LogP contribution in [0.25, 0.3) is 20.7 Å². The van der Waals surface area contributed by atoms with Crippen molar-refractivity contribution in [2.24, 2.45) is 11.8 Å². The summed E-state index contributed by atoms with van der Waals surface area (Å²) in [5.41, 5.74) is 6.28. The summed E-state index contributed by atoms with van der Waals surface area (Å²) in [7, 11) is 0. The highest BCUT2D eigenvalue weighted by atomic mass is 32.1. The van der Waals surface area contributed by atoms with Gasteiger partial charge in [-0.25, -0.2) is 4.98 Å². The molecular weight excluding hydrogens is 450 g/mol. The lowest BCUT2D eigenvalue weighted by molar-refractivity contribution is 0.0696. The number of rotatable bonds is 5. The molecule has 5 nitrogen and oxygen atoms in total. The first-order valence-corrected chi connectivity index (χ1v) is 12.9. The van der Waals surface area contributed by atoms with Gasteiger partial charge in [0.2, 0.25) is 0 Å². The third kappa shape index (κ3) is 3.65. The maximum atomic E-state index is 13.6. The lowest BCUT2D eigenvalue weighted by Crippen LogP contribution is -2.45. The topological polar surface area (TPSA) is 62.3 Å². The van der Waals surface area contributed by atoms with Crippen LogP contribution in [0.15, 0.2) is 59.4 Å². The summed E-state index contributed by atoms with van der Waals surface area (Å²) < 4.78 is 0.903. The molecule has 4 aromatic rings. The zero-order chi connectivity index (χ0) is 22.5. The SMILES string of the molecule is Cc1cccc(-c2sccc2C(=O)N2C[C@@H]3C[C@@H]3[C@H]2CNC(=O)c2cccc3ncsc23)c1. The molecule has 1 N–H and O–H groups in total. The fraction of sp³-hybridized carbons (Fsp3) is 0.269. The van der Waals surface area contributed by atoms with Crippen molar-refractivity contribution in [1.82, 2.24) is 15.2 Å². The number of amides is 2. The number of carbonyl (C=O) groups excluding carboxylic acids is 2. The van der Waals surface area contributed by atoms with Gasteiger partial charge in [-0.2, -0.15) is 0 Å². The molecular formula is C26H23N3O2S2. The van der Waals surface area contributed by atoms with E-state index in [0.717, 1.165) is 39.2 Å². The van der Waals surface area contributed by atoms with Crippen LogP contribution >= 0.6 is 22.7 Å². The molecule has 1 saturated heterocycles. The molecule has 0 radical (unpaired) electrons. The van der Waals surface area contributed by atoms with Gasteiger partial charge in [-0.15, -0.1) is 22.7 Å². The third-order valence-corrected chi connectivity index (χ3v) is 8.65. The largest absolute Gasteiger partial charge is 0.350 e. The number of fused-ring (bicyclic) bond motifs is 2. The number of nitrogens with one attached hydrogen (secondary N) is 1. The fourth-order valence-electron chi connectivity index (χ4n) is 5.07. The molecule has 1 aliphatic carbocycles. The van der Waals surface area contributed by atoms with E-state index in [4.69, 9.17) is 0 Å².